The molecule has 4 heteroatoms. The fourth-order valence-electron chi connectivity index (χ4n) is 1.65. The molecule has 0 spiro atoms. The van der Waals surface area contributed by atoms with Gasteiger partial charge in [-0.25, -0.2) is 0 Å². The van der Waals surface area contributed by atoms with Gasteiger partial charge in [0.1, 0.15) is 5.76 Å². The number of nitrogens with zero attached hydrogens (tertiary/aromatic N) is 1. The Hall–Kier alpha value is -0.870. The summed E-state index contributed by atoms with van der Waals surface area (Å²) >= 11 is 0. The van der Waals surface area contributed by atoms with Crippen molar-refractivity contribution in [2.45, 2.75) is 33.7 Å². The van der Waals surface area contributed by atoms with Gasteiger partial charge in [0.2, 0.25) is 0 Å². The lowest BCUT2D eigenvalue weighted by molar-refractivity contribution is 0.231. The quantitative estimate of drug-likeness (QED) is 0.778. The number of aliphatic hydroxyl groups excluding tert-OH is 1. The van der Waals surface area contributed by atoms with E-state index in [-0.39, 0.29) is 18.6 Å². The zero-order chi connectivity index (χ0) is 11.4. The maximum Gasteiger partial charge on any atom is 0.138 e. The number of aliphatic hydroxyl groups is 1. The molecule has 2 atom stereocenters. The van der Waals surface area contributed by atoms with Crippen molar-refractivity contribution < 1.29 is 9.63 Å². The minimum atomic E-state index is 0.210. The second kappa shape index (κ2) is 5.28. The third-order valence-corrected chi connectivity index (χ3v) is 2.61. The molecule has 0 saturated heterocycles. The van der Waals surface area contributed by atoms with Crippen LogP contribution in [-0.4, -0.2) is 23.4 Å². The molecule has 0 radical (unpaired) electrons. The highest BCUT2D eigenvalue weighted by molar-refractivity contribution is 5.24. The molecule has 4 nitrogen and oxygen atoms in total. The van der Waals surface area contributed by atoms with Crippen LogP contribution in [0.4, 0.5) is 0 Å². The molecule has 1 aromatic heterocycles. The Bertz CT molecular complexity index is 290. The molecule has 1 aromatic rings. The molecule has 1 rings (SSSR count). The predicted octanol–water partition coefficient (Wildman–Crippen LogP) is 1.57. The van der Waals surface area contributed by atoms with Gasteiger partial charge < -0.3 is 14.9 Å². The number of aromatic nitrogens is 1. The highest BCUT2D eigenvalue weighted by Gasteiger charge is 2.16. The molecule has 2 unspecified atom stereocenters. The molecular weight excluding hydrogens is 192 g/mol. The summed E-state index contributed by atoms with van der Waals surface area (Å²) in [7, 11) is 0. The molecule has 0 saturated carbocycles. The standard InChI is InChI=1S/C11H20N2O2/c1-7(6-14)5-12-8(2)11-9(3)13-15-10(11)4/h7-8,12,14H,5-6H2,1-4H3. The summed E-state index contributed by atoms with van der Waals surface area (Å²) in [5.41, 5.74) is 2.06. The van der Waals surface area contributed by atoms with Crippen LogP contribution in [0.3, 0.4) is 0 Å². The van der Waals surface area contributed by atoms with Crippen LogP contribution in [0.25, 0.3) is 0 Å². The Morgan fingerprint density at radius 3 is 2.53 bits per heavy atom. The number of aryl methyl sites for hydroxylation is 2. The SMILES string of the molecule is Cc1noc(C)c1C(C)NCC(C)CO. The van der Waals surface area contributed by atoms with Crippen LogP contribution in [0.5, 0.6) is 0 Å². The van der Waals surface area contributed by atoms with Crippen molar-refractivity contribution in [3.05, 3.63) is 17.0 Å². The zero-order valence-electron chi connectivity index (χ0n) is 9.87. The molecule has 0 aliphatic heterocycles. The summed E-state index contributed by atoms with van der Waals surface area (Å²) in [6.45, 7) is 8.95. The second-order valence-corrected chi connectivity index (χ2v) is 4.16. The van der Waals surface area contributed by atoms with Crippen LogP contribution in [0, 0.1) is 19.8 Å². The molecule has 0 aromatic carbocycles. The zero-order valence-corrected chi connectivity index (χ0v) is 9.87. The minimum absolute atomic E-state index is 0.210. The van der Waals surface area contributed by atoms with Crippen molar-refractivity contribution in [1.82, 2.24) is 10.5 Å². The Labute approximate surface area is 90.7 Å². The number of rotatable bonds is 5. The van der Waals surface area contributed by atoms with E-state index in [4.69, 9.17) is 9.63 Å². The van der Waals surface area contributed by atoms with E-state index in [1.807, 2.05) is 20.8 Å². The van der Waals surface area contributed by atoms with Crippen molar-refractivity contribution in [2.75, 3.05) is 13.2 Å². The van der Waals surface area contributed by atoms with Crippen molar-refractivity contribution in [2.24, 2.45) is 5.92 Å². The number of nitrogens with one attached hydrogen (secondary N) is 1. The monoisotopic (exact) mass is 212 g/mol. The van der Waals surface area contributed by atoms with Gasteiger partial charge in [0.25, 0.3) is 0 Å². The first kappa shape index (κ1) is 12.2. The molecule has 2 N–H and O–H groups in total. The van der Waals surface area contributed by atoms with Crippen LogP contribution < -0.4 is 5.32 Å². The van der Waals surface area contributed by atoms with E-state index in [0.717, 1.165) is 23.6 Å². The van der Waals surface area contributed by atoms with Gasteiger partial charge >= 0.3 is 0 Å². The number of hydrogen-bond donors (Lipinski definition) is 2. The summed E-state index contributed by atoms with van der Waals surface area (Å²) in [4.78, 5) is 0. The average Bonchev–Trinajstić information content (AvgIpc) is 2.54. The van der Waals surface area contributed by atoms with Crippen molar-refractivity contribution >= 4 is 0 Å². The van der Waals surface area contributed by atoms with Gasteiger partial charge in [-0.2, -0.15) is 0 Å². The molecule has 86 valence electrons. The first-order valence-electron chi connectivity index (χ1n) is 5.33. The molecule has 0 bridgehead atoms. The van der Waals surface area contributed by atoms with E-state index in [1.165, 1.54) is 0 Å². The fraction of sp³-hybridized carbons (Fsp3) is 0.727. The van der Waals surface area contributed by atoms with Crippen molar-refractivity contribution in [1.29, 1.82) is 0 Å². The summed E-state index contributed by atoms with van der Waals surface area (Å²) < 4.78 is 5.11. The highest BCUT2D eigenvalue weighted by atomic mass is 16.5. The average molecular weight is 212 g/mol. The lowest BCUT2D eigenvalue weighted by Crippen LogP contribution is -2.26. The molecule has 0 amide bonds. The van der Waals surface area contributed by atoms with Crippen LogP contribution in [0.15, 0.2) is 4.52 Å². The second-order valence-electron chi connectivity index (χ2n) is 4.16. The Kier molecular flexibility index (Phi) is 4.29. The summed E-state index contributed by atoms with van der Waals surface area (Å²) in [5.74, 6) is 1.14. The van der Waals surface area contributed by atoms with E-state index in [1.54, 1.807) is 0 Å². The Morgan fingerprint density at radius 2 is 2.07 bits per heavy atom. The maximum atomic E-state index is 8.92. The molecule has 0 aliphatic rings. The van der Waals surface area contributed by atoms with E-state index in [0.29, 0.717) is 0 Å². The lowest BCUT2D eigenvalue weighted by atomic mass is 10.1. The van der Waals surface area contributed by atoms with Gasteiger partial charge in [0.15, 0.2) is 0 Å². The molecule has 0 aliphatic carbocycles. The van der Waals surface area contributed by atoms with Crippen molar-refractivity contribution in [3.63, 3.8) is 0 Å². The first-order valence-corrected chi connectivity index (χ1v) is 5.33. The Balaban J connectivity index is 2.57. The highest BCUT2D eigenvalue weighted by Crippen LogP contribution is 2.20. The molecule has 1 heterocycles. The third kappa shape index (κ3) is 3.04. The molecule has 0 fully saturated rings. The largest absolute Gasteiger partial charge is 0.396 e. The van der Waals surface area contributed by atoms with Gasteiger partial charge in [-0.3, -0.25) is 0 Å². The minimum Gasteiger partial charge on any atom is -0.396 e. The van der Waals surface area contributed by atoms with Crippen LogP contribution in [0.1, 0.15) is 36.9 Å². The predicted molar refractivity (Wildman–Crippen MR) is 58.6 cm³/mol. The van der Waals surface area contributed by atoms with E-state index in [2.05, 4.69) is 17.4 Å². The van der Waals surface area contributed by atoms with Crippen LogP contribution in [-0.2, 0) is 0 Å². The maximum absolute atomic E-state index is 8.92. The van der Waals surface area contributed by atoms with Gasteiger partial charge in [0, 0.05) is 24.8 Å². The van der Waals surface area contributed by atoms with Gasteiger partial charge in [-0.1, -0.05) is 12.1 Å². The fourth-order valence-corrected chi connectivity index (χ4v) is 1.65. The smallest absolute Gasteiger partial charge is 0.138 e. The summed E-state index contributed by atoms with van der Waals surface area (Å²) in [5, 5.41) is 16.2. The summed E-state index contributed by atoms with van der Waals surface area (Å²) in [6, 6.07) is 0.213. The van der Waals surface area contributed by atoms with Crippen LogP contribution in [0.2, 0.25) is 0 Å². The van der Waals surface area contributed by atoms with E-state index < -0.39 is 0 Å². The summed E-state index contributed by atoms with van der Waals surface area (Å²) in [6.07, 6.45) is 0. The lowest BCUT2D eigenvalue weighted by Gasteiger charge is -2.16. The Morgan fingerprint density at radius 1 is 1.40 bits per heavy atom. The van der Waals surface area contributed by atoms with Gasteiger partial charge in [0.05, 0.1) is 5.69 Å². The van der Waals surface area contributed by atoms with Crippen LogP contribution >= 0.6 is 0 Å². The number of hydrogen-bond acceptors (Lipinski definition) is 4. The van der Waals surface area contributed by atoms with Gasteiger partial charge in [-0.05, 0) is 26.7 Å². The van der Waals surface area contributed by atoms with E-state index in [9.17, 15) is 0 Å². The van der Waals surface area contributed by atoms with Gasteiger partial charge in [-0.15, -0.1) is 0 Å². The molecule has 15 heavy (non-hydrogen) atoms. The third-order valence-electron chi connectivity index (χ3n) is 2.61. The first-order chi connectivity index (χ1) is 7.06. The van der Waals surface area contributed by atoms with Crippen molar-refractivity contribution in [3.8, 4) is 0 Å². The normalized spacial score (nSPS) is 15.3. The van der Waals surface area contributed by atoms with E-state index >= 15 is 0 Å². The molecular formula is C11H20N2O2. The topological polar surface area (TPSA) is 58.3 Å².